The molecule has 2 aromatic rings. The normalized spacial score (nSPS) is 14.1. The van der Waals surface area contributed by atoms with Crippen molar-refractivity contribution in [3.63, 3.8) is 0 Å². The number of hydrogen-bond acceptors (Lipinski definition) is 8. The number of aliphatic carboxylic acids is 2. The first-order chi connectivity index (χ1) is 15.4. The third-order valence-electron chi connectivity index (χ3n) is 4.96. The maximum absolute atomic E-state index is 9.10. The first-order valence-electron chi connectivity index (χ1n) is 9.96. The minimum Gasteiger partial charge on any atom is -0.496 e. The van der Waals surface area contributed by atoms with Crippen LogP contribution in [0.5, 0.6) is 17.2 Å². The number of pyridine rings is 1. The SMILES string of the molecule is COc1cc(OC)c(OC)cc1CN1CCN(Cc2cccnc2)CC1.O=C(O)C(=O)O. The summed E-state index contributed by atoms with van der Waals surface area (Å²) < 4.78 is 16.3. The molecule has 1 aliphatic heterocycles. The zero-order chi connectivity index (χ0) is 23.5. The van der Waals surface area contributed by atoms with Crippen molar-refractivity contribution in [2.24, 2.45) is 0 Å². The zero-order valence-electron chi connectivity index (χ0n) is 18.5. The third kappa shape index (κ3) is 7.40. The molecule has 1 aromatic carbocycles. The number of ether oxygens (including phenoxy) is 3. The van der Waals surface area contributed by atoms with Crippen LogP contribution in [0.15, 0.2) is 36.7 Å². The van der Waals surface area contributed by atoms with E-state index >= 15 is 0 Å². The molecule has 0 aliphatic carbocycles. The van der Waals surface area contributed by atoms with E-state index in [4.69, 9.17) is 34.0 Å². The van der Waals surface area contributed by atoms with Gasteiger partial charge in [-0.25, -0.2) is 9.59 Å². The number of hydrogen-bond donors (Lipinski definition) is 2. The molecule has 0 bridgehead atoms. The van der Waals surface area contributed by atoms with E-state index in [2.05, 4.69) is 20.9 Å². The van der Waals surface area contributed by atoms with Crippen LogP contribution in [0.3, 0.4) is 0 Å². The predicted octanol–water partition coefficient (Wildman–Crippen LogP) is 1.58. The van der Waals surface area contributed by atoms with Gasteiger partial charge in [0.05, 0.1) is 21.3 Å². The summed E-state index contributed by atoms with van der Waals surface area (Å²) in [5.41, 5.74) is 2.38. The van der Waals surface area contributed by atoms with Crippen molar-refractivity contribution in [1.82, 2.24) is 14.8 Å². The maximum Gasteiger partial charge on any atom is 0.414 e. The van der Waals surface area contributed by atoms with Gasteiger partial charge in [-0.3, -0.25) is 14.8 Å². The molecule has 174 valence electrons. The molecule has 1 aromatic heterocycles. The second-order valence-corrected chi connectivity index (χ2v) is 7.04. The minimum absolute atomic E-state index is 0.689. The van der Waals surface area contributed by atoms with Crippen molar-refractivity contribution in [2.75, 3.05) is 47.5 Å². The van der Waals surface area contributed by atoms with Gasteiger partial charge in [-0.15, -0.1) is 0 Å². The standard InChI is InChI=1S/C20H27N3O3.C2H2O4/c1-24-18-12-20(26-3)19(25-2)11-17(18)15-23-9-7-22(8-10-23)14-16-5-4-6-21-13-16;3-1(4)2(5)6/h4-6,11-13H,7-10,14-15H2,1-3H3;(H,3,4)(H,5,6). The number of rotatable bonds is 7. The highest BCUT2D eigenvalue weighted by Gasteiger charge is 2.20. The van der Waals surface area contributed by atoms with Crippen LogP contribution in [0.1, 0.15) is 11.1 Å². The van der Waals surface area contributed by atoms with Crippen molar-refractivity contribution >= 4 is 11.9 Å². The fraction of sp³-hybridized carbons (Fsp3) is 0.409. The Morgan fingerprint density at radius 1 is 0.875 bits per heavy atom. The molecule has 0 spiro atoms. The van der Waals surface area contributed by atoms with Gasteiger partial charge in [0.25, 0.3) is 0 Å². The smallest absolute Gasteiger partial charge is 0.414 e. The van der Waals surface area contributed by atoms with Crippen molar-refractivity contribution in [3.8, 4) is 17.2 Å². The van der Waals surface area contributed by atoms with Crippen LogP contribution < -0.4 is 14.2 Å². The van der Waals surface area contributed by atoms with Crippen LogP contribution in [0.25, 0.3) is 0 Å². The van der Waals surface area contributed by atoms with Crippen LogP contribution in [0.2, 0.25) is 0 Å². The van der Waals surface area contributed by atoms with E-state index in [-0.39, 0.29) is 0 Å². The summed E-state index contributed by atoms with van der Waals surface area (Å²) in [6, 6.07) is 8.04. The highest BCUT2D eigenvalue weighted by Crippen LogP contribution is 2.35. The molecule has 2 N–H and O–H groups in total. The Labute approximate surface area is 186 Å². The minimum atomic E-state index is -1.82. The Hall–Kier alpha value is -3.37. The van der Waals surface area contributed by atoms with Gasteiger partial charge in [0.2, 0.25) is 0 Å². The fourth-order valence-electron chi connectivity index (χ4n) is 3.31. The van der Waals surface area contributed by atoms with E-state index in [0.29, 0.717) is 5.75 Å². The van der Waals surface area contributed by atoms with Crippen molar-refractivity contribution in [1.29, 1.82) is 0 Å². The number of benzene rings is 1. The molecule has 1 aliphatic rings. The molecule has 0 radical (unpaired) electrons. The summed E-state index contributed by atoms with van der Waals surface area (Å²) in [7, 11) is 4.99. The van der Waals surface area contributed by atoms with Gasteiger partial charge < -0.3 is 24.4 Å². The fourth-order valence-corrected chi connectivity index (χ4v) is 3.31. The molecule has 1 saturated heterocycles. The summed E-state index contributed by atoms with van der Waals surface area (Å²) in [5, 5.41) is 14.8. The van der Waals surface area contributed by atoms with Crippen LogP contribution >= 0.6 is 0 Å². The Morgan fingerprint density at radius 3 is 1.88 bits per heavy atom. The van der Waals surface area contributed by atoms with Gasteiger partial charge in [-0.05, 0) is 17.7 Å². The van der Waals surface area contributed by atoms with Crippen molar-refractivity contribution in [3.05, 3.63) is 47.8 Å². The molecular formula is C22H29N3O7. The van der Waals surface area contributed by atoms with Crippen molar-refractivity contribution < 1.29 is 34.0 Å². The number of carboxylic acids is 2. The number of piperazine rings is 1. The lowest BCUT2D eigenvalue weighted by Gasteiger charge is -2.35. The van der Waals surface area contributed by atoms with E-state index in [1.54, 1.807) is 21.3 Å². The number of aromatic nitrogens is 1. The predicted molar refractivity (Wildman–Crippen MR) is 116 cm³/mol. The highest BCUT2D eigenvalue weighted by molar-refractivity contribution is 6.27. The molecule has 10 heteroatoms. The van der Waals surface area contributed by atoms with Crippen LogP contribution in [-0.4, -0.2) is 84.4 Å². The van der Waals surface area contributed by atoms with Gasteiger partial charge in [0.1, 0.15) is 5.75 Å². The summed E-state index contributed by atoms with van der Waals surface area (Å²) >= 11 is 0. The zero-order valence-corrected chi connectivity index (χ0v) is 18.5. The Balaban J connectivity index is 0.000000534. The molecule has 0 saturated carbocycles. The van der Waals surface area contributed by atoms with E-state index in [1.807, 2.05) is 30.6 Å². The van der Waals surface area contributed by atoms with E-state index in [9.17, 15) is 0 Å². The summed E-state index contributed by atoms with van der Waals surface area (Å²) in [6.07, 6.45) is 3.76. The molecule has 3 rings (SSSR count). The van der Waals surface area contributed by atoms with E-state index < -0.39 is 11.9 Å². The molecular weight excluding hydrogens is 418 g/mol. The molecule has 2 heterocycles. The lowest BCUT2D eigenvalue weighted by atomic mass is 10.1. The van der Waals surface area contributed by atoms with Crippen LogP contribution in [0.4, 0.5) is 0 Å². The molecule has 1 fully saturated rings. The highest BCUT2D eigenvalue weighted by atomic mass is 16.5. The van der Waals surface area contributed by atoms with E-state index in [1.165, 1.54) is 5.56 Å². The van der Waals surface area contributed by atoms with Gasteiger partial charge in [-0.1, -0.05) is 6.07 Å². The van der Waals surface area contributed by atoms with Gasteiger partial charge >= 0.3 is 11.9 Å². The monoisotopic (exact) mass is 447 g/mol. The van der Waals surface area contributed by atoms with Gasteiger partial charge in [0.15, 0.2) is 11.5 Å². The van der Waals surface area contributed by atoms with Crippen LogP contribution in [-0.2, 0) is 22.7 Å². The quantitative estimate of drug-likeness (QED) is 0.605. The molecule has 32 heavy (non-hydrogen) atoms. The van der Waals surface area contributed by atoms with Crippen LogP contribution in [0, 0.1) is 0 Å². The number of methoxy groups -OCH3 is 3. The van der Waals surface area contributed by atoms with Gasteiger partial charge in [-0.2, -0.15) is 0 Å². The molecule has 0 amide bonds. The average molecular weight is 447 g/mol. The Bertz CT molecular complexity index is 873. The average Bonchev–Trinajstić information content (AvgIpc) is 2.81. The van der Waals surface area contributed by atoms with Crippen molar-refractivity contribution in [2.45, 2.75) is 13.1 Å². The lowest BCUT2D eigenvalue weighted by Crippen LogP contribution is -2.45. The summed E-state index contributed by atoms with van der Waals surface area (Å²) in [4.78, 5) is 27.3. The molecule has 0 unspecified atom stereocenters. The maximum atomic E-state index is 9.10. The first-order valence-corrected chi connectivity index (χ1v) is 9.96. The number of carbonyl (C=O) groups is 2. The third-order valence-corrected chi connectivity index (χ3v) is 4.96. The second-order valence-electron chi connectivity index (χ2n) is 7.04. The topological polar surface area (TPSA) is 122 Å². The van der Waals surface area contributed by atoms with Gasteiger partial charge in [0, 0.05) is 63.3 Å². The lowest BCUT2D eigenvalue weighted by molar-refractivity contribution is -0.159. The number of nitrogens with zero attached hydrogens (tertiary/aromatic N) is 3. The second kappa shape index (κ2) is 12.5. The Morgan fingerprint density at radius 2 is 1.41 bits per heavy atom. The molecule has 0 atom stereocenters. The summed E-state index contributed by atoms with van der Waals surface area (Å²) in [5.74, 6) is -1.39. The Kier molecular flexibility index (Phi) is 9.71. The summed E-state index contributed by atoms with van der Waals surface area (Å²) in [6.45, 7) is 5.94. The largest absolute Gasteiger partial charge is 0.496 e. The molecule has 10 nitrogen and oxygen atoms in total. The number of carboxylic acid groups (broad SMARTS) is 2. The first kappa shape index (κ1) is 24.9. The van der Waals surface area contributed by atoms with E-state index in [0.717, 1.165) is 56.3 Å².